The van der Waals surface area contributed by atoms with E-state index in [1.54, 1.807) is 18.2 Å². The number of furan rings is 1. The van der Waals surface area contributed by atoms with Crippen molar-refractivity contribution in [1.29, 1.82) is 0 Å². The summed E-state index contributed by atoms with van der Waals surface area (Å²) in [4.78, 5) is 16.4. The SMILES string of the molecule is CC(C)Oc1ccc(NC(N)=NCc2cccc(NC(=O)c3ccco3)c2)cc1. The van der Waals surface area contributed by atoms with E-state index in [4.69, 9.17) is 14.9 Å². The van der Waals surface area contributed by atoms with Crippen molar-refractivity contribution in [3.63, 3.8) is 0 Å². The summed E-state index contributed by atoms with van der Waals surface area (Å²) in [6.07, 6.45) is 1.58. The number of nitrogens with two attached hydrogens (primary N) is 1. The van der Waals surface area contributed by atoms with Crippen molar-refractivity contribution in [2.45, 2.75) is 26.5 Å². The summed E-state index contributed by atoms with van der Waals surface area (Å²) < 4.78 is 10.7. The van der Waals surface area contributed by atoms with E-state index >= 15 is 0 Å². The molecule has 1 aromatic heterocycles. The van der Waals surface area contributed by atoms with Crippen LogP contribution in [-0.4, -0.2) is 18.0 Å². The minimum absolute atomic E-state index is 0.125. The summed E-state index contributed by atoms with van der Waals surface area (Å²) in [7, 11) is 0. The molecule has 0 aliphatic heterocycles. The van der Waals surface area contributed by atoms with Gasteiger partial charge in [-0.3, -0.25) is 4.79 Å². The van der Waals surface area contributed by atoms with Gasteiger partial charge in [-0.1, -0.05) is 12.1 Å². The topological polar surface area (TPSA) is 102 Å². The number of guanidine groups is 1. The second-order valence-corrected chi connectivity index (χ2v) is 6.65. The highest BCUT2D eigenvalue weighted by atomic mass is 16.5. The van der Waals surface area contributed by atoms with Crippen LogP contribution in [0.15, 0.2) is 76.3 Å². The van der Waals surface area contributed by atoms with E-state index in [0.717, 1.165) is 17.0 Å². The number of benzene rings is 2. The zero-order valence-electron chi connectivity index (χ0n) is 16.4. The van der Waals surface area contributed by atoms with E-state index < -0.39 is 0 Å². The normalized spacial score (nSPS) is 11.3. The zero-order chi connectivity index (χ0) is 20.6. The van der Waals surface area contributed by atoms with Gasteiger partial charge < -0.3 is 25.5 Å². The van der Waals surface area contributed by atoms with Gasteiger partial charge in [0, 0.05) is 11.4 Å². The average molecular weight is 392 g/mol. The standard InChI is InChI=1S/C22H24N4O3/c1-15(2)29-19-10-8-17(9-11-19)26-22(23)24-14-16-5-3-6-18(13-16)25-21(27)20-7-4-12-28-20/h3-13,15H,14H2,1-2H3,(H,25,27)(H3,23,24,26). The van der Waals surface area contributed by atoms with Gasteiger partial charge in [0.05, 0.1) is 18.9 Å². The Labute approximate surface area is 169 Å². The molecular weight excluding hydrogens is 368 g/mol. The van der Waals surface area contributed by atoms with E-state index in [1.165, 1.54) is 6.26 Å². The van der Waals surface area contributed by atoms with Crippen LogP contribution < -0.4 is 21.1 Å². The number of ether oxygens (including phenoxy) is 1. The van der Waals surface area contributed by atoms with Gasteiger partial charge >= 0.3 is 0 Å². The Morgan fingerprint density at radius 3 is 2.55 bits per heavy atom. The van der Waals surface area contributed by atoms with E-state index in [2.05, 4.69) is 15.6 Å². The fourth-order valence-electron chi connectivity index (χ4n) is 2.60. The maximum Gasteiger partial charge on any atom is 0.291 e. The smallest absolute Gasteiger partial charge is 0.291 e. The second-order valence-electron chi connectivity index (χ2n) is 6.65. The molecule has 0 spiro atoms. The highest BCUT2D eigenvalue weighted by Crippen LogP contribution is 2.17. The lowest BCUT2D eigenvalue weighted by Crippen LogP contribution is -2.22. The van der Waals surface area contributed by atoms with Crippen molar-refractivity contribution in [1.82, 2.24) is 0 Å². The number of amides is 1. The van der Waals surface area contributed by atoms with Gasteiger partial charge in [0.2, 0.25) is 0 Å². The number of hydrogen-bond donors (Lipinski definition) is 3. The first-order valence-electron chi connectivity index (χ1n) is 9.27. The number of carbonyl (C=O) groups is 1. The van der Waals surface area contributed by atoms with Gasteiger partial charge in [0.15, 0.2) is 11.7 Å². The van der Waals surface area contributed by atoms with Crippen molar-refractivity contribution < 1.29 is 13.9 Å². The average Bonchev–Trinajstić information content (AvgIpc) is 3.23. The first-order chi connectivity index (χ1) is 14.0. The summed E-state index contributed by atoms with van der Waals surface area (Å²) >= 11 is 0. The molecule has 0 saturated carbocycles. The summed E-state index contributed by atoms with van der Waals surface area (Å²) in [5.74, 6) is 1.05. The molecule has 1 heterocycles. The Morgan fingerprint density at radius 1 is 1.07 bits per heavy atom. The van der Waals surface area contributed by atoms with Gasteiger partial charge in [-0.05, 0) is 67.9 Å². The van der Waals surface area contributed by atoms with E-state index in [9.17, 15) is 4.79 Å². The zero-order valence-corrected chi connectivity index (χ0v) is 16.4. The van der Waals surface area contributed by atoms with Gasteiger partial charge in [-0.25, -0.2) is 4.99 Å². The molecule has 0 aliphatic carbocycles. The number of hydrogen-bond acceptors (Lipinski definition) is 4. The summed E-state index contributed by atoms with van der Waals surface area (Å²) in [5.41, 5.74) is 8.37. The third-order valence-electron chi connectivity index (χ3n) is 3.86. The first kappa shape index (κ1) is 20.0. The maximum absolute atomic E-state index is 12.1. The minimum Gasteiger partial charge on any atom is -0.491 e. The van der Waals surface area contributed by atoms with Gasteiger partial charge in [0.1, 0.15) is 5.75 Å². The largest absolute Gasteiger partial charge is 0.491 e. The lowest BCUT2D eigenvalue weighted by molar-refractivity contribution is 0.0996. The van der Waals surface area contributed by atoms with Crippen LogP contribution >= 0.6 is 0 Å². The Hall–Kier alpha value is -3.74. The number of carbonyl (C=O) groups excluding carboxylic acids is 1. The number of anilines is 2. The molecule has 29 heavy (non-hydrogen) atoms. The molecule has 0 fully saturated rings. The molecule has 1 amide bonds. The molecule has 0 bridgehead atoms. The lowest BCUT2D eigenvalue weighted by Gasteiger charge is -2.11. The van der Waals surface area contributed by atoms with Gasteiger partial charge in [-0.2, -0.15) is 0 Å². The molecule has 4 N–H and O–H groups in total. The Balaban J connectivity index is 1.57. The molecular formula is C22H24N4O3. The molecule has 7 nitrogen and oxygen atoms in total. The van der Waals surface area contributed by atoms with Crippen molar-refractivity contribution in [3.05, 3.63) is 78.3 Å². The number of rotatable bonds is 7. The minimum atomic E-state index is -0.304. The molecule has 2 aromatic carbocycles. The Morgan fingerprint density at radius 2 is 1.86 bits per heavy atom. The fourth-order valence-corrected chi connectivity index (χ4v) is 2.60. The third-order valence-corrected chi connectivity index (χ3v) is 3.86. The molecule has 3 rings (SSSR count). The molecule has 150 valence electrons. The fraction of sp³-hybridized carbons (Fsp3) is 0.182. The van der Waals surface area contributed by atoms with Crippen LogP contribution in [0.1, 0.15) is 30.0 Å². The Kier molecular flexibility index (Phi) is 6.52. The van der Waals surface area contributed by atoms with E-state index in [0.29, 0.717) is 18.2 Å². The molecule has 0 unspecified atom stereocenters. The van der Waals surface area contributed by atoms with Crippen LogP contribution in [0.2, 0.25) is 0 Å². The number of nitrogens with one attached hydrogen (secondary N) is 2. The highest BCUT2D eigenvalue weighted by Gasteiger charge is 2.08. The summed E-state index contributed by atoms with van der Waals surface area (Å²) in [6.45, 7) is 4.33. The highest BCUT2D eigenvalue weighted by molar-refractivity contribution is 6.02. The van der Waals surface area contributed by atoms with Crippen LogP contribution in [0.25, 0.3) is 0 Å². The molecule has 7 heteroatoms. The quantitative estimate of drug-likeness (QED) is 0.412. The maximum atomic E-state index is 12.1. The monoisotopic (exact) mass is 392 g/mol. The van der Waals surface area contributed by atoms with Crippen molar-refractivity contribution in [2.24, 2.45) is 10.7 Å². The molecule has 0 atom stereocenters. The van der Waals surface area contributed by atoms with Crippen molar-refractivity contribution >= 4 is 23.2 Å². The third kappa shape index (κ3) is 6.14. The van der Waals surface area contributed by atoms with Crippen molar-refractivity contribution in [3.8, 4) is 5.75 Å². The van der Waals surface area contributed by atoms with Crippen LogP contribution in [0.5, 0.6) is 5.75 Å². The van der Waals surface area contributed by atoms with Crippen LogP contribution in [0.4, 0.5) is 11.4 Å². The lowest BCUT2D eigenvalue weighted by atomic mass is 10.2. The van der Waals surface area contributed by atoms with Gasteiger partial charge in [0.25, 0.3) is 5.91 Å². The predicted octanol–water partition coefficient (Wildman–Crippen LogP) is 4.25. The second kappa shape index (κ2) is 9.45. The molecule has 3 aromatic rings. The van der Waals surface area contributed by atoms with Gasteiger partial charge in [-0.15, -0.1) is 0 Å². The van der Waals surface area contributed by atoms with Crippen LogP contribution in [-0.2, 0) is 6.54 Å². The molecule has 0 saturated heterocycles. The van der Waals surface area contributed by atoms with E-state index in [-0.39, 0.29) is 17.8 Å². The van der Waals surface area contributed by atoms with Crippen LogP contribution in [0.3, 0.4) is 0 Å². The van der Waals surface area contributed by atoms with Crippen LogP contribution in [0, 0.1) is 0 Å². The first-order valence-corrected chi connectivity index (χ1v) is 9.27. The van der Waals surface area contributed by atoms with E-state index in [1.807, 2.05) is 56.3 Å². The predicted molar refractivity (Wildman–Crippen MR) is 114 cm³/mol. The number of nitrogens with zero attached hydrogens (tertiary/aromatic N) is 1. The number of aliphatic imine (C=N–C) groups is 1. The summed E-state index contributed by atoms with van der Waals surface area (Å²) in [6, 6.07) is 18.2. The van der Waals surface area contributed by atoms with Crippen molar-refractivity contribution in [2.75, 3.05) is 10.6 Å². The molecule has 0 radical (unpaired) electrons. The Bertz CT molecular complexity index is 964. The summed E-state index contributed by atoms with van der Waals surface area (Å²) in [5, 5.41) is 5.84. The molecule has 0 aliphatic rings.